The van der Waals surface area contributed by atoms with Gasteiger partial charge in [-0.3, -0.25) is 14.4 Å². The van der Waals surface area contributed by atoms with Gasteiger partial charge in [0.2, 0.25) is 0 Å². The summed E-state index contributed by atoms with van der Waals surface area (Å²) in [6.45, 7) is 6.31. The lowest BCUT2D eigenvalue weighted by molar-refractivity contribution is -0.167. The van der Waals surface area contributed by atoms with Crippen LogP contribution >= 0.6 is 0 Å². The van der Waals surface area contributed by atoms with E-state index in [1.165, 1.54) is 25.7 Å². The lowest BCUT2D eigenvalue weighted by atomic mass is 10.1. The maximum atomic E-state index is 12.9. The zero-order valence-corrected chi connectivity index (χ0v) is 48.0. The highest BCUT2D eigenvalue weighted by atomic mass is 16.6. The van der Waals surface area contributed by atoms with Gasteiger partial charge >= 0.3 is 17.9 Å². The van der Waals surface area contributed by atoms with Crippen LogP contribution < -0.4 is 0 Å². The van der Waals surface area contributed by atoms with E-state index in [1.807, 2.05) is 0 Å². The van der Waals surface area contributed by atoms with Crippen molar-refractivity contribution in [2.24, 2.45) is 0 Å². The van der Waals surface area contributed by atoms with Crippen molar-refractivity contribution < 1.29 is 28.6 Å². The third-order valence-electron chi connectivity index (χ3n) is 12.0. The second-order valence-electron chi connectivity index (χ2n) is 19.1. The summed E-state index contributed by atoms with van der Waals surface area (Å²) in [7, 11) is 0. The van der Waals surface area contributed by atoms with E-state index in [-0.39, 0.29) is 37.5 Å². The fourth-order valence-electron chi connectivity index (χ4n) is 7.55. The molecule has 0 fully saturated rings. The Morgan fingerprint density at radius 3 is 0.827 bits per heavy atom. The monoisotopic (exact) mass is 1030 g/mol. The number of ether oxygens (including phenoxy) is 3. The molecule has 1 unspecified atom stereocenters. The third-order valence-corrected chi connectivity index (χ3v) is 12.0. The Morgan fingerprint density at radius 1 is 0.280 bits per heavy atom. The predicted molar refractivity (Wildman–Crippen MR) is 325 cm³/mol. The van der Waals surface area contributed by atoms with Gasteiger partial charge in [0.15, 0.2) is 6.10 Å². The third kappa shape index (κ3) is 59.8. The molecule has 0 aromatic heterocycles. The van der Waals surface area contributed by atoms with Crippen LogP contribution in [-0.4, -0.2) is 37.2 Å². The standard InChI is InChI=1S/C69H108O6/c1-4-7-10-13-16-19-22-24-26-28-30-32-34-36-38-40-42-44-47-50-53-56-59-62-68(71)74-65-66(64-73-67(70)61-58-55-52-49-46-21-18-15-12-9-6-3)75-69(72)63-60-57-54-51-48-45-43-41-39-37-35-33-31-29-27-25-23-20-17-14-11-8-5-2/h7-8,10-11,15-20,24-27,30-33,36-39,42-45,66H,4-6,9,12-14,21-23,28-29,34-35,40-41,46-65H2,1-3H3/b10-7-,11-8-,18-15-,19-16-,20-17-,26-24-,27-25-,32-30-,33-31-,38-36-,39-37-,44-42-,45-43-. The van der Waals surface area contributed by atoms with E-state index in [0.717, 1.165) is 173 Å². The molecule has 0 amide bonds. The second-order valence-corrected chi connectivity index (χ2v) is 19.1. The smallest absolute Gasteiger partial charge is 0.306 e. The zero-order valence-electron chi connectivity index (χ0n) is 48.0. The Morgan fingerprint density at radius 2 is 0.520 bits per heavy atom. The van der Waals surface area contributed by atoms with Crippen molar-refractivity contribution in [3.8, 4) is 0 Å². The van der Waals surface area contributed by atoms with Gasteiger partial charge in [0, 0.05) is 19.3 Å². The summed E-state index contributed by atoms with van der Waals surface area (Å²) in [6, 6.07) is 0. The van der Waals surface area contributed by atoms with Crippen molar-refractivity contribution in [2.75, 3.05) is 13.2 Å². The Labute approximate surface area is 460 Å². The molecule has 0 bridgehead atoms. The van der Waals surface area contributed by atoms with Gasteiger partial charge < -0.3 is 14.2 Å². The molecule has 0 aromatic rings. The predicted octanol–water partition coefficient (Wildman–Crippen LogP) is 20.5. The van der Waals surface area contributed by atoms with Crippen LogP contribution in [0.15, 0.2) is 158 Å². The van der Waals surface area contributed by atoms with Crippen LogP contribution in [0.1, 0.15) is 239 Å². The number of hydrogen-bond acceptors (Lipinski definition) is 6. The van der Waals surface area contributed by atoms with Gasteiger partial charge in [-0.15, -0.1) is 0 Å². The van der Waals surface area contributed by atoms with E-state index in [2.05, 4.69) is 179 Å². The molecular weight excluding hydrogens is 925 g/mol. The normalized spacial score (nSPS) is 13.3. The van der Waals surface area contributed by atoms with E-state index >= 15 is 0 Å². The Kier molecular flexibility index (Phi) is 57.5. The second kappa shape index (κ2) is 61.6. The van der Waals surface area contributed by atoms with Crippen LogP contribution in [0.2, 0.25) is 0 Å². The number of hydrogen-bond donors (Lipinski definition) is 0. The molecule has 0 spiro atoms. The fraction of sp³-hybridized carbons (Fsp3) is 0.580. The number of esters is 3. The molecule has 0 aliphatic rings. The molecule has 0 saturated carbocycles. The molecule has 0 radical (unpaired) electrons. The summed E-state index contributed by atoms with van der Waals surface area (Å²) < 4.78 is 16.8. The van der Waals surface area contributed by atoms with Crippen LogP contribution in [0.25, 0.3) is 0 Å². The van der Waals surface area contributed by atoms with Gasteiger partial charge in [-0.2, -0.15) is 0 Å². The largest absolute Gasteiger partial charge is 0.462 e. The van der Waals surface area contributed by atoms with Crippen molar-refractivity contribution in [1.29, 1.82) is 0 Å². The molecule has 0 aliphatic carbocycles. The van der Waals surface area contributed by atoms with Crippen LogP contribution in [0, 0.1) is 0 Å². The highest BCUT2D eigenvalue weighted by Gasteiger charge is 2.19. The van der Waals surface area contributed by atoms with E-state index in [0.29, 0.717) is 12.8 Å². The van der Waals surface area contributed by atoms with Gasteiger partial charge in [0.25, 0.3) is 0 Å². The SMILES string of the molecule is CC/C=C\C/C=C\C/C=C\C/C=C\C/C=C\C/C=C\CCCCCCC(=O)OCC(COC(=O)CCCCCCC/C=C\CCCC)OC(=O)CCCCCC/C=C\C/C=C\C/C=C\C/C=C\C/C=C\C/C=C\CC. The first-order chi connectivity index (χ1) is 37.0. The number of allylic oxidation sites excluding steroid dienone is 26. The lowest BCUT2D eigenvalue weighted by Gasteiger charge is -2.18. The van der Waals surface area contributed by atoms with E-state index in [9.17, 15) is 14.4 Å². The molecule has 75 heavy (non-hydrogen) atoms. The molecule has 420 valence electrons. The van der Waals surface area contributed by atoms with Crippen molar-refractivity contribution in [2.45, 2.75) is 245 Å². The topological polar surface area (TPSA) is 78.9 Å². The van der Waals surface area contributed by atoms with Crippen LogP contribution in [-0.2, 0) is 28.6 Å². The first-order valence-corrected chi connectivity index (χ1v) is 30.0. The lowest BCUT2D eigenvalue weighted by Crippen LogP contribution is -2.30. The summed E-state index contributed by atoms with van der Waals surface area (Å²) in [6.07, 6.45) is 89.5. The maximum Gasteiger partial charge on any atom is 0.306 e. The first kappa shape index (κ1) is 70.0. The maximum absolute atomic E-state index is 12.9. The van der Waals surface area contributed by atoms with Gasteiger partial charge in [0.1, 0.15) is 13.2 Å². The van der Waals surface area contributed by atoms with E-state index in [1.54, 1.807) is 0 Å². The fourth-order valence-corrected chi connectivity index (χ4v) is 7.55. The van der Waals surface area contributed by atoms with Crippen LogP contribution in [0.3, 0.4) is 0 Å². The van der Waals surface area contributed by atoms with E-state index in [4.69, 9.17) is 14.2 Å². The van der Waals surface area contributed by atoms with Crippen molar-refractivity contribution in [1.82, 2.24) is 0 Å². The van der Waals surface area contributed by atoms with Gasteiger partial charge in [-0.25, -0.2) is 0 Å². The number of unbranched alkanes of at least 4 members (excludes halogenated alkanes) is 15. The van der Waals surface area contributed by atoms with Gasteiger partial charge in [-0.1, -0.05) is 237 Å². The minimum Gasteiger partial charge on any atom is -0.462 e. The quantitative estimate of drug-likeness (QED) is 0.0261. The molecule has 0 aromatic carbocycles. The first-order valence-electron chi connectivity index (χ1n) is 30.0. The number of carbonyl (C=O) groups is 3. The highest BCUT2D eigenvalue weighted by Crippen LogP contribution is 2.13. The van der Waals surface area contributed by atoms with Crippen molar-refractivity contribution in [3.05, 3.63) is 158 Å². The molecule has 1 atom stereocenters. The summed E-state index contributed by atoms with van der Waals surface area (Å²) in [4.78, 5) is 38.2. The molecule has 0 aliphatic heterocycles. The van der Waals surface area contributed by atoms with Crippen LogP contribution in [0.4, 0.5) is 0 Å². The Hall–Kier alpha value is -4.97. The molecule has 0 rings (SSSR count). The minimum absolute atomic E-state index is 0.108. The molecule has 0 N–H and O–H groups in total. The average Bonchev–Trinajstić information content (AvgIpc) is 3.41. The summed E-state index contributed by atoms with van der Waals surface area (Å²) >= 11 is 0. The summed E-state index contributed by atoms with van der Waals surface area (Å²) in [5.41, 5.74) is 0. The Bertz CT molecular complexity index is 1710. The van der Waals surface area contributed by atoms with Gasteiger partial charge in [0.05, 0.1) is 0 Å². The summed E-state index contributed by atoms with van der Waals surface area (Å²) in [5.74, 6) is -0.976. The number of rotatable bonds is 52. The van der Waals surface area contributed by atoms with Gasteiger partial charge in [-0.05, 0) is 141 Å². The Balaban J connectivity index is 4.47. The molecule has 0 heterocycles. The molecule has 6 nitrogen and oxygen atoms in total. The number of carbonyl (C=O) groups excluding carboxylic acids is 3. The summed E-state index contributed by atoms with van der Waals surface area (Å²) in [5, 5.41) is 0. The van der Waals surface area contributed by atoms with Crippen LogP contribution in [0.5, 0.6) is 0 Å². The minimum atomic E-state index is -0.815. The van der Waals surface area contributed by atoms with Crippen molar-refractivity contribution >= 4 is 17.9 Å². The van der Waals surface area contributed by atoms with E-state index < -0.39 is 6.10 Å². The zero-order chi connectivity index (χ0) is 54.3. The molecule has 0 saturated heterocycles. The molecule has 6 heteroatoms. The average molecular weight is 1030 g/mol. The highest BCUT2D eigenvalue weighted by molar-refractivity contribution is 5.71. The van der Waals surface area contributed by atoms with Crippen molar-refractivity contribution in [3.63, 3.8) is 0 Å². The molecular formula is C69H108O6.